The third-order valence-corrected chi connectivity index (χ3v) is 5.97. The van der Waals surface area contributed by atoms with Gasteiger partial charge in [0.05, 0.1) is 5.69 Å². The molecule has 0 bridgehead atoms. The minimum absolute atomic E-state index is 0.101. The maximum atomic E-state index is 13.0. The lowest BCUT2D eigenvalue weighted by Crippen LogP contribution is -2.44. The zero-order valence-corrected chi connectivity index (χ0v) is 12.3. The van der Waals surface area contributed by atoms with Crippen LogP contribution in [-0.4, -0.2) is 41.3 Å². The van der Waals surface area contributed by atoms with Gasteiger partial charge in [0.1, 0.15) is 6.04 Å². The number of sulfonamides is 1. The number of aromatic nitrogens is 2. The molecule has 3 rings (SSSR count). The fraction of sp³-hybridized carbons (Fsp3) is 0.750. The number of hydrogen-bond acceptors (Lipinski definition) is 3. The largest absolute Gasteiger partial charge is 0.405 e. The first-order valence-corrected chi connectivity index (χ1v) is 8.28. The van der Waals surface area contributed by atoms with Crippen LogP contribution in [0, 0.1) is 0 Å². The Morgan fingerprint density at radius 1 is 1.29 bits per heavy atom. The molecule has 2 aliphatic rings. The van der Waals surface area contributed by atoms with Crippen molar-refractivity contribution in [3.05, 3.63) is 11.8 Å². The van der Waals surface area contributed by atoms with Crippen LogP contribution in [0.4, 0.5) is 13.2 Å². The third-order valence-electron chi connectivity index (χ3n) is 4.01. The van der Waals surface area contributed by atoms with Crippen LogP contribution in [0.1, 0.15) is 37.3 Å². The summed E-state index contributed by atoms with van der Waals surface area (Å²) in [7, 11) is -2.72. The van der Waals surface area contributed by atoms with Crippen molar-refractivity contribution in [2.24, 2.45) is 7.05 Å². The minimum atomic E-state index is -4.54. The molecular formula is C12H16F3N3O2S. The van der Waals surface area contributed by atoms with E-state index in [1.165, 1.54) is 17.8 Å². The van der Waals surface area contributed by atoms with Gasteiger partial charge in [-0.05, 0) is 25.7 Å². The molecular weight excluding hydrogens is 307 g/mol. The van der Waals surface area contributed by atoms with Crippen LogP contribution in [0.2, 0.25) is 0 Å². The second-order valence-electron chi connectivity index (χ2n) is 5.62. The monoisotopic (exact) mass is 323 g/mol. The number of hydrogen-bond donors (Lipinski definition) is 0. The Hall–Kier alpha value is -1.09. The molecule has 1 atom stereocenters. The van der Waals surface area contributed by atoms with E-state index in [4.69, 9.17) is 0 Å². The van der Waals surface area contributed by atoms with Gasteiger partial charge in [-0.1, -0.05) is 0 Å². The second-order valence-corrected chi connectivity index (χ2v) is 7.46. The molecule has 0 N–H and O–H groups in total. The summed E-state index contributed by atoms with van der Waals surface area (Å²) >= 11 is 0. The summed E-state index contributed by atoms with van der Waals surface area (Å²) in [4.78, 5) is 0. The minimum Gasteiger partial charge on any atom is -0.256 e. The van der Waals surface area contributed by atoms with E-state index in [1.807, 2.05) is 0 Å². The molecule has 0 spiro atoms. The molecule has 118 valence electrons. The van der Waals surface area contributed by atoms with Crippen LogP contribution in [0.5, 0.6) is 0 Å². The first-order valence-electron chi connectivity index (χ1n) is 6.84. The van der Waals surface area contributed by atoms with Crippen molar-refractivity contribution >= 4 is 10.0 Å². The Labute approximate surface area is 120 Å². The molecule has 0 aromatic carbocycles. The van der Waals surface area contributed by atoms with E-state index in [0.29, 0.717) is 10.00 Å². The predicted molar refractivity (Wildman–Crippen MR) is 68.2 cm³/mol. The summed E-state index contributed by atoms with van der Waals surface area (Å²) in [5.41, 5.74) is 0.652. The molecule has 5 nitrogen and oxygen atoms in total. The van der Waals surface area contributed by atoms with Gasteiger partial charge in [-0.3, -0.25) is 4.68 Å². The lowest BCUT2D eigenvalue weighted by molar-refractivity contribution is -0.165. The highest BCUT2D eigenvalue weighted by molar-refractivity contribution is 7.89. The number of halogens is 3. The van der Waals surface area contributed by atoms with Crippen molar-refractivity contribution in [2.45, 2.75) is 48.8 Å². The molecule has 1 aliphatic carbocycles. The van der Waals surface area contributed by atoms with E-state index in [2.05, 4.69) is 5.10 Å². The van der Waals surface area contributed by atoms with Crippen molar-refractivity contribution in [1.82, 2.24) is 14.1 Å². The molecule has 9 heteroatoms. The van der Waals surface area contributed by atoms with Gasteiger partial charge in [-0.25, -0.2) is 8.42 Å². The molecule has 2 heterocycles. The lowest BCUT2D eigenvalue weighted by Gasteiger charge is -2.25. The van der Waals surface area contributed by atoms with Gasteiger partial charge in [0.2, 0.25) is 0 Å². The van der Waals surface area contributed by atoms with Crippen LogP contribution in [0.25, 0.3) is 0 Å². The standard InChI is InChI=1S/C12H16F3N3O2S/c1-17-11(7-9(16-17)8-4-5-8)21(19,20)18-6-2-3-10(18)12(13,14)15/h7-8,10H,2-6H2,1H3/t10-/m0/s1. The van der Waals surface area contributed by atoms with Crippen molar-refractivity contribution in [1.29, 1.82) is 0 Å². The van der Waals surface area contributed by atoms with E-state index in [-0.39, 0.29) is 30.3 Å². The Kier molecular flexibility index (Phi) is 3.32. The maximum Gasteiger partial charge on any atom is 0.405 e. The van der Waals surface area contributed by atoms with Crippen LogP contribution < -0.4 is 0 Å². The molecule has 1 aromatic heterocycles. The lowest BCUT2D eigenvalue weighted by atomic mass is 10.2. The summed E-state index contributed by atoms with van der Waals surface area (Å²) in [6.07, 6.45) is -2.61. The van der Waals surface area contributed by atoms with E-state index in [9.17, 15) is 21.6 Å². The summed E-state index contributed by atoms with van der Waals surface area (Å²) < 4.78 is 65.7. The number of aryl methyl sites for hydroxylation is 1. The highest BCUT2D eigenvalue weighted by Crippen LogP contribution is 2.41. The summed E-state index contributed by atoms with van der Waals surface area (Å²) in [6, 6.07) is -0.513. The Bertz CT molecular complexity index is 649. The number of rotatable bonds is 3. The molecule has 1 saturated carbocycles. The smallest absolute Gasteiger partial charge is 0.256 e. The van der Waals surface area contributed by atoms with E-state index >= 15 is 0 Å². The Morgan fingerprint density at radius 2 is 1.95 bits per heavy atom. The normalized spacial score (nSPS) is 24.7. The molecule has 1 aromatic rings. The van der Waals surface area contributed by atoms with E-state index in [0.717, 1.165) is 12.8 Å². The van der Waals surface area contributed by atoms with Gasteiger partial charge in [0.15, 0.2) is 5.03 Å². The summed E-state index contributed by atoms with van der Waals surface area (Å²) in [5.74, 6) is 0.247. The third kappa shape index (κ3) is 2.57. The highest BCUT2D eigenvalue weighted by atomic mass is 32.2. The molecule has 1 saturated heterocycles. The van der Waals surface area contributed by atoms with Crippen LogP contribution in [0.3, 0.4) is 0 Å². The van der Waals surface area contributed by atoms with Crippen LogP contribution in [0.15, 0.2) is 11.1 Å². The van der Waals surface area contributed by atoms with Gasteiger partial charge in [-0.2, -0.15) is 22.6 Å². The molecule has 1 aliphatic heterocycles. The average molecular weight is 323 g/mol. The van der Waals surface area contributed by atoms with Crippen LogP contribution >= 0.6 is 0 Å². The summed E-state index contributed by atoms with van der Waals surface area (Å²) in [6.45, 7) is -0.101. The van der Waals surface area contributed by atoms with Crippen LogP contribution in [-0.2, 0) is 17.1 Å². The Balaban J connectivity index is 1.96. The first kappa shape index (κ1) is 14.8. The molecule has 0 unspecified atom stereocenters. The number of alkyl halides is 3. The van der Waals surface area contributed by atoms with Crippen molar-refractivity contribution < 1.29 is 21.6 Å². The zero-order valence-electron chi connectivity index (χ0n) is 11.5. The van der Waals surface area contributed by atoms with Crippen molar-refractivity contribution in [3.8, 4) is 0 Å². The zero-order chi connectivity index (χ0) is 15.4. The fourth-order valence-electron chi connectivity index (χ4n) is 2.77. The van der Waals surface area contributed by atoms with Crippen molar-refractivity contribution in [3.63, 3.8) is 0 Å². The molecule has 21 heavy (non-hydrogen) atoms. The second kappa shape index (κ2) is 4.70. The highest BCUT2D eigenvalue weighted by Gasteiger charge is 2.51. The Morgan fingerprint density at radius 3 is 2.52 bits per heavy atom. The first-order chi connectivity index (χ1) is 9.71. The van der Waals surface area contributed by atoms with Gasteiger partial charge in [-0.15, -0.1) is 0 Å². The molecule has 2 fully saturated rings. The van der Waals surface area contributed by atoms with Gasteiger partial charge >= 0.3 is 6.18 Å². The molecule has 0 amide bonds. The quantitative estimate of drug-likeness (QED) is 0.855. The van der Waals surface area contributed by atoms with Gasteiger partial charge in [0.25, 0.3) is 10.0 Å². The number of nitrogens with zero attached hydrogens (tertiary/aromatic N) is 3. The van der Waals surface area contributed by atoms with E-state index < -0.39 is 22.2 Å². The maximum absolute atomic E-state index is 13.0. The summed E-state index contributed by atoms with van der Waals surface area (Å²) in [5, 5.41) is 3.97. The van der Waals surface area contributed by atoms with Gasteiger partial charge < -0.3 is 0 Å². The SMILES string of the molecule is Cn1nc(C2CC2)cc1S(=O)(=O)N1CCC[C@H]1C(F)(F)F. The predicted octanol–water partition coefficient (Wildman–Crippen LogP) is 2.01. The average Bonchev–Trinajstić information content (AvgIpc) is 2.93. The molecule has 0 radical (unpaired) electrons. The van der Waals surface area contributed by atoms with E-state index in [1.54, 1.807) is 0 Å². The van der Waals surface area contributed by atoms with Crippen molar-refractivity contribution in [2.75, 3.05) is 6.54 Å². The van der Waals surface area contributed by atoms with Gasteiger partial charge in [0, 0.05) is 25.6 Å². The fourth-order valence-corrected chi connectivity index (χ4v) is 4.58. The topological polar surface area (TPSA) is 55.2 Å².